The van der Waals surface area contributed by atoms with Crippen LogP contribution in [0.1, 0.15) is 12.8 Å². The van der Waals surface area contributed by atoms with Gasteiger partial charge in [0.2, 0.25) is 11.8 Å². The van der Waals surface area contributed by atoms with Crippen LogP contribution in [0.25, 0.3) is 0 Å². The Morgan fingerprint density at radius 2 is 1.70 bits per heavy atom. The van der Waals surface area contributed by atoms with E-state index in [2.05, 4.69) is 0 Å². The van der Waals surface area contributed by atoms with Crippen LogP contribution in [0.3, 0.4) is 0 Å². The van der Waals surface area contributed by atoms with Gasteiger partial charge >= 0.3 is 0 Å². The summed E-state index contributed by atoms with van der Waals surface area (Å²) in [4.78, 5) is 25.8. The lowest BCUT2D eigenvalue weighted by Crippen LogP contribution is -2.40. The molecule has 1 saturated heterocycles. The number of hydrogen-bond donors (Lipinski definition) is 1. The van der Waals surface area contributed by atoms with E-state index < -0.39 is 6.10 Å². The number of carbonyl (C=O) groups is 2. The van der Waals surface area contributed by atoms with Gasteiger partial charge in [-0.2, -0.15) is 0 Å². The standard InChI is InChI=1S/C17H18ClNO4/c18-11-5-7-13(8-6-11)23-10-12(20)9-19-16(21)14-3-1-2-4-15(14)17(19)22/h1-2,5-8,12,14-15,20H,3-4,9-10H2/t12-,14+,15+/m0/s1. The first kappa shape index (κ1) is 16.0. The minimum atomic E-state index is -0.924. The number of fused-ring (bicyclic) bond motifs is 1. The molecule has 1 aliphatic carbocycles. The molecule has 3 atom stereocenters. The van der Waals surface area contributed by atoms with Gasteiger partial charge in [0.15, 0.2) is 0 Å². The molecule has 1 heterocycles. The molecule has 5 nitrogen and oxygen atoms in total. The number of rotatable bonds is 5. The summed E-state index contributed by atoms with van der Waals surface area (Å²) in [6, 6.07) is 6.77. The fourth-order valence-electron chi connectivity index (χ4n) is 3.04. The lowest BCUT2D eigenvalue weighted by atomic mass is 9.85. The number of amides is 2. The largest absolute Gasteiger partial charge is 0.491 e. The van der Waals surface area contributed by atoms with E-state index in [4.69, 9.17) is 16.3 Å². The normalized spacial score (nSPS) is 24.7. The van der Waals surface area contributed by atoms with Crippen molar-refractivity contribution >= 4 is 23.4 Å². The number of ether oxygens (including phenoxy) is 1. The number of nitrogens with zero attached hydrogens (tertiary/aromatic N) is 1. The average molecular weight is 336 g/mol. The molecule has 0 unspecified atom stereocenters. The van der Waals surface area contributed by atoms with Crippen molar-refractivity contribution in [2.24, 2.45) is 11.8 Å². The molecule has 0 saturated carbocycles. The highest BCUT2D eigenvalue weighted by Gasteiger charge is 2.47. The fraction of sp³-hybridized carbons (Fsp3) is 0.412. The minimum absolute atomic E-state index is 0.00623. The second kappa shape index (κ2) is 6.72. The summed E-state index contributed by atoms with van der Waals surface area (Å²) < 4.78 is 5.45. The number of benzene rings is 1. The van der Waals surface area contributed by atoms with E-state index in [0.29, 0.717) is 23.6 Å². The van der Waals surface area contributed by atoms with Crippen LogP contribution in [0.5, 0.6) is 5.75 Å². The van der Waals surface area contributed by atoms with Gasteiger partial charge in [-0.25, -0.2) is 0 Å². The fourth-order valence-corrected chi connectivity index (χ4v) is 3.16. The van der Waals surface area contributed by atoms with Crippen LogP contribution in [-0.2, 0) is 9.59 Å². The van der Waals surface area contributed by atoms with Gasteiger partial charge in [0, 0.05) is 5.02 Å². The predicted molar refractivity (Wildman–Crippen MR) is 85.0 cm³/mol. The zero-order valence-electron chi connectivity index (χ0n) is 12.5. The Bertz CT molecular complexity index is 602. The zero-order valence-corrected chi connectivity index (χ0v) is 13.3. The number of imide groups is 1. The molecule has 0 spiro atoms. The van der Waals surface area contributed by atoms with Gasteiger partial charge in [0.25, 0.3) is 0 Å². The third-order valence-corrected chi connectivity index (χ3v) is 4.50. The molecule has 1 aromatic carbocycles. The molecule has 0 radical (unpaired) electrons. The summed E-state index contributed by atoms with van der Waals surface area (Å²) in [6.07, 6.45) is 4.16. The van der Waals surface area contributed by atoms with Gasteiger partial charge in [-0.05, 0) is 37.1 Å². The zero-order chi connectivity index (χ0) is 16.4. The first-order chi connectivity index (χ1) is 11.1. The van der Waals surface area contributed by atoms with Crippen LogP contribution >= 0.6 is 11.6 Å². The number of likely N-dealkylation sites (tertiary alicyclic amines) is 1. The number of halogens is 1. The lowest BCUT2D eigenvalue weighted by Gasteiger charge is -2.19. The lowest BCUT2D eigenvalue weighted by molar-refractivity contribution is -0.141. The van der Waals surface area contributed by atoms with Crippen LogP contribution < -0.4 is 4.74 Å². The first-order valence-electron chi connectivity index (χ1n) is 7.63. The number of β-amino-alcohol motifs (C(OH)–C–C–N with tert-alkyl or cyclic N) is 1. The summed E-state index contributed by atoms with van der Waals surface area (Å²) in [5.41, 5.74) is 0. The van der Waals surface area contributed by atoms with Crippen molar-refractivity contribution in [1.82, 2.24) is 4.90 Å². The van der Waals surface area contributed by atoms with Crippen LogP contribution in [0, 0.1) is 11.8 Å². The van der Waals surface area contributed by atoms with Crippen molar-refractivity contribution in [2.75, 3.05) is 13.2 Å². The quantitative estimate of drug-likeness (QED) is 0.660. The maximum Gasteiger partial charge on any atom is 0.233 e. The Kier molecular flexibility index (Phi) is 4.68. The number of allylic oxidation sites excluding steroid dienone is 2. The van der Waals surface area contributed by atoms with E-state index in [0.717, 1.165) is 0 Å². The highest BCUT2D eigenvalue weighted by Crippen LogP contribution is 2.35. The minimum Gasteiger partial charge on any atom is -0.491 e. The highest BCUT2D eigenvalue weighted by atomic mass is 35.5. The molecule has 1 N–H and O–H groups in total. The van der Waals surface area contributed by atoms with Crippen molar-refractivity contribution in [3.63, 3.8) is 0 Å². The SMILES string of the molecule is O=C1[C@@H]2CC=CC[C@H]2C(=O)N1C[C@H](O)COc1ccc(Cl)cc1. The van der Waals surface area contributed by atoms with Gasteiger partial charge < -0.3 is 9.84 Å². The summed E-state index contributed by atoms with van der Waals surface area (Å²) in [5, 5.41) is 10.7. The van der Waals surface area contributed by atoms with E-state index in [1.807, 2.05) is 12.2 Å². The third kappa shape index (κ3) is 3.41. The van der Waals surface area contributed by atoms with Gasteiger partial charge in [-0.3, -0.25) is 14.5 Å². The van der Waals surface area contributed by atoms with E-state index in [9.17, 15) is 14.7 Å². The number of hydrogen-bond acceptors (Lipinski definition) is 4. The predicted octanol–water partition coefficient (Wildman–Crippen LogP) is 2.03. The number of aliphatic hydroxyl groups is 1. The molecular formula is C17H18ClNO4. The van der Waals surface area contributed by atoms with Gasteiger partial charge in [0.1, 0.15) is 18.5 Å². The summed E-state index contributed by atoms with van der Waals surface area (Å²) in [5.74, 6) is -0.330. The molecule has 6 heteroatoms. The van der Waals surface area contributed by atoms with Crippen molar-refractivity contribution < 1.29 is 19.4 Å². The van der Waals surface area contributed by atoms with Crippen molar-refractivity contribution in [1.29, 1.82) is 0 Å². The molecule has 3 rings (SSSR count). The van der Waals surface area contributed by atoms with E-state index >= 15 is 0 Å². The molecule has 1 aromatic rings. The van der Waals surface area contributed by atoms with Gasteiger partial charge in [-0.1, -0.05) is 23.8 Å². The Balaban J connectivity index is 1.55. The van der Waals surface area contributed by atoms with E-state index in [1.54, 1.807) is 24.3 Å². The molecule has 23 heavy (non-hydrogen) atoms. The smallest absolute Gasteiger partial charge is 0.233 e. The monoisotopic (exact) mass is 335 g/mol. The highest BCUT2D eigenvalue weighted by molar-refractivity contribution is 6.30. The van der Waals surface area contributed by atoms with Crippen molar-refractivity contribution in [3.05, 3.63) is 41.4 Å². The maximum absolute atomic E-state index is 12.3. The van der Waals surface area contributed by atoms with Crippen LogP contribution in [-0.4, -0.2) is 41.1 Å². The molecule has 0 aromatic heterocycles. The third-order valence-electron chi connectivity index (χ3n) is 4.25. The molecule has 2 amide bonds. The van der Waals surface area contributed by atoms with Gasteiger partial charge in [0.05, 0.1) is 18.4 Å². The Labute approximate surface area is 139 Å². The maximum atomic E-state index is 12.3. The average Bonchev–Trinajstić information content (AvgIpc) is 2.80. The van der Waals surface area contributed by atoms with Crippen LogP contribution in [0.2, 0.25) is 5.02 Å². The number of carbonyl (C=O) groups excluding carboxylic acids is 2. The molecule has 2 aliphatic rings. The Hall–Kier alpha value is -1.85. The summed E-state index contributed by atoms with van der Waals surface area (Å²) in [6.45, 7) is -0.0233. The second-order valence-corrected chi connectivity index (χ2v) is 6.30. The van der Waals surface area contributed by atoms with Gasteiger partial charge in [-0.15, -0.1) is 0 Å². The topological polar surface area (TPSA) is 66.8 Å². The molecule has 0 bridgehead atoms. The van der Waals surface area contributed by atoms with Crippen LogP contribution in [0.15, 0.2) is 36.4 Å². The molecule has 1 fully saturated rings. The van der Waals surface area contributed by atoms with E-state index in [1.165, 1.54) is 4.90 Å². The first-order valence-corrected chi connectivity index (χ1v) is 8.00. The number of aliphatic hydroxyl groups excluding tert-OH is 1. The van der Waals surface area contributed by atoms with E-state index in [-0.39, 0.29) is 36.8 Å². The molecular weight excluding hydrogens is 318 g/mol. The van der Waals surface area contributed by atoms with Crippen LogP contribution in [0.4, 0.5) is 0 Å². The Morgan fingerprint density at radius 3 is 2.26 bits per heavy atom. The Morgan fingerprint density at radius 1 is 1.13 bits per heavy atom. The van der Waals surface area contributed by atoms with Crippen molar-refractivity contribution in [2.45, 2.75) is 18.9 Å². The molecule has 1 aliphatic heterocycles. The summed E-state index contributed by atoms with van der Waals surface area (Å²) in [7, 11) is 0. The van der Waals surface area contributed by atoms with Crippen molar-refractivity contribution in [3.8, 4) is 5.75 Å². The summed E-state index contributed by atoms with van der Waals surface area (Å²) >= 11 is 5.79. The second-order valence-electron chi connectivity index (χ2n) is 5.86. The molecule has 122 valence electrons.